The summed E-state index contributed by atoms with van der Waals surface area (Å²) >= 11 is 5.88. The Morgan fingerprint density at radius 1 is 1.06 bits per heavy atom. The van der Waals surface area contributed by atoms with Gasteiger partial charge in [0.25, 0.3) is 5.91 Å². The Hall–Kier alpha value is -2.46. The average Bonchev–Trinajstić information content (AvgIpc) is 3.37. The first-order chi connectivity index (χ1) is 16.3. The third-order valence-electron chi connectivity index (χ3n) is 6.15. The van der Waals surface area contributed by atoms with Crippen LogP contribution in [0.15, 0.2) is 53.4 Å². The SMILES string of the molecule is O=C(NC[C@@H]1CCCO1)c1ccccc1NC(=O)[C@H]1CCCN(S(=O)(=O)c2ccc(Cl)cc2)C1. The fourth-order valence-electron chi connectivity index (χ4n) is 4.26. The van der Waals surface area contributed by atoms with E-state index in [0.717, 1.165) is 12.8 Å². The minimum atomic E-state index is -3.74. The Kier molecular flexibility index (Phi) is 7.88. The first-order valence-corrected chi connectivity index (χ1v) is 13.2. The first-order valence-electron chi connectivity index (χ1n) is 11.4. The molecule has 2 N–H and O–H groups in total. The Bertz CT molecular complexity index is 1130. The molecule has 2 aliphatic rings. The largest absolute Gasteiger partial charge is 0.376 e. The molecule has 2 aliphatic heterocycles. The molecule has 2 fully saturated rings. The number of rotatable bonds is 7. The fraction of sp³-hybridized carbons (Fsp3) is 0.417. The molecule has 2 saturated heterocycles. The molecule has 182 valence electrons. The highest BCUT2D eigenvalue weighted by Gasteiger charge is 2.33. The predicted molar refractivity (Wildman–Crippen MR) is 129 cm³/mol. The number of hydrogen-bond acceptors (Lipinski definition) is 5. The summed E-state index contributed by atoms with van der Waals surface area (Å²) in [5.74, 6) is -1.13. The van der Waals surface area contributed by atoms with E-state index in [2.05, 4.69) is 10.6 Å². The van der Waals surface area contributed by atoms with Gasteiger partial charge in [-0.15, -0.1) is 0 Å². The van der Waals surface area contributed by atoms with Crippen molar-refractivity contribution in [3.63, 3.8) is 0 Å². The quantitative estimate of drug-likeness (QED) is 0.600. The number of ether oxygens (including phenoxy) is 1. The van der Waals surface area contributed by atoms with Gasteiger partial charge in [0.2, 0.25) is 15.9 Å². The second kappa shape index (κ2) is 10.9. The smallest absolute Gasteiger partial charge is 0.253 e. The number of anilines is 1. The lowest BCUT2D eigenvalue weighted by Crippen LogP contribution is -2.43. The number of sulfonamides is 1. The van der Waals surface area contributed by atoms with Gasteiger partial charge in [-0.25, -0.2) is 8.42 Å². The Morgan fingerprint density at radius 2 is 1.82 bits per heavy atom. The van der Waals surface area contributed by atoms with Crippen LogP contribution >= 0.6 is 11.6 Å². The van der Waals surface area contributed by atoms with Crippen LogP contribution in [-0.2, 0) is 19.6 Å². The highest BCUT2D eigenvalue weighted by Crippen LogP contribution is 2.26. The van der Waals surface area contributed by atoms with E-state index in [-0.39, 0.29) is 29.4 Å². The average molecular weight is 506 g/mol. The summed E-state index contributed by atoms with van der Waals surface area (Å²) in [6.07, 6.45) is 3.04. The van der Waals surface area contributed by atoms with Crippen molar-refractivity contribution >= 4 is 39.1 Å². The zero-order chi connectivity index (χ0) is 24.1. The molecule has 34 heavy (non-hydrogen) atoms. The van der Waals surface area contributed by atoms with Crippen molar-refractivity contribution in [2.75, 3.05) is 31.6 Å². The van der Waals surface area contributed by atoms with Crippen LogP contribution in [0.4, 0.5) is 5.69 Å². The molecule has 4 rings (SSSR count). The lowest BCUT2D eigenvalue weighted by Gasteiger charge is -2.31. The summed E-state index contributed by atoms with van der Waals surface area (Å²) in [5, 5.41) is 6.16. The molecule has 2 aromatic rings. The number of nitrogens with zero attached hydrogens (tertiary/aromatic N) is 1. The normalized spacial score (nSPS) is 21.2. The van der Waals surface area contributed by atoms with Gasteiger partial charge in [-0.3, -0.25) is 9.59 Å². The second-order valence-corrected chi connectivity index (χ2v) is 10.9. The zero-order valence-electron chi connectivity index (χ0n) is 18.7. The van der Waals surface area contributed by atoms with Crippen LogP contribution in [0.1, 0.15) is 36.0 Å². The lowest BCUT2D eigenvalue weighted by atomic mass is 9.98. The van der Waals surface area contributed by atoms with Crippen molar-refractivity contribution < 1.29 is 22.7 Å². The molecule has 0 bridgehead atoms. The number of carbonyl (C=O) groups is 2. The summed E-state index contributed by atoms with van der Waals surface area (Å²) in [7, 11) is -3.74. The molecular formula is C24H28ClN3O5S. The predicted octanol–water partition coefficient (Wildman–Crippen LogP) is 3.29. The van der Waals surface area contributed by atoms with Gasteiger partial charge in [0.1, 0.15) is 0 Å². The molecule has 0 aliphatic carbocycles. The van der Waals surface area contributed by atoms with E-state index in [0.29, 0.717) is 48.8 Å². The maximum Gasteiger partial charge on any atom is 0.253 e. The number of nitrogens with one attached hydrogen (secondary N) is 2. The number of hydrogen-bond donors (Lipinski definition) is 2. The summed E-state index contributed by atoms with van der Waals surface area (Å²) in [6.45, 7) is 1.54. The van der Waals surface area contributed by atoms with E-state index in [1.54, 1.807) is 24.3 Å². The van der Waals surface area contributed by atoms with Gasteiger partial charge in [-0.05, 0) is 62.1 Å². The molecule has 2 aromatic carbocycles. The number of para-hydroxylation sites is 1. The van der Waals surface area contributed by atoms with Gasteiger partial charge in [0.05, 0.1) is 28.2 Å². The topological polar surface area (TPSA) is 105 Å². The molecule has 10 heteroatoms. The van der Waals surface area contributed by atoms with Crippen LogP contribution in [0.25, 0.3) is 0 Å². The molecule has 0 unspecified atom stereocenters. The third-order valence-corrected chi connectivity index (χ3v) is 8.28. The van der Waals surface area contributed by atoms with Gasteiger partial charge >= 0.3 is 0 Å². The van der Waals surface area contributed by atoms with Crippen molar-refractivity contribution in [1.82, 2.24) is 9.62 Å². The minimum Gasteiger partial charge on any atom is -0.376 e. The monoisotopic (exact) mass is 505 g/mol. The second-order valence-electron chi connectivity index (χ2n) is 8.54. The van der Waals surface area contributed by atoms with Crippen LogP contribution < -0.4 is 10.6 Å². The van der Waals surface area contributed by atoms with E-state index < -0.39 is 15.9 Å². The van der Waals surface area contributed by atoms with Crippen LogP contribution in [0.2, 0.25) is 5.02 Å². The van der Waals surface area contributed by atoms with Crippen LogP contribution in [0, 0.1) is 5.92 Å². The number of benzene rings is 2. The Morgan fingerprint density at radius 3 is 2.56 bits per heavy atom. The molecule has 0 spiro atoms. The number of carbonyl (C=O) groups excluding carboxylic acids is 2. The number of amides is 2. The molecule has 0 aromatic heterocycles. The van der Waals surface area contributed by atoms with Gasteiger partial charge in [-0.1, -0.05) is 23.7 Å². The first kappa shape index (κ1) is 24.7. The van der Waals surface area contributed by atoms with E-state index in [9.17, 15) is 18.0 Å². The van der Waals surface area contributed by atoms with E-state index in [1.165, 1.54) is 28.6 Å². The number of piperidine rings is 1. The Balaban J connectivity index is 1.41. The van der Waals surface area contributed by atoms with E-state index in [4.69, 9.17) is 16.3 Å². The number of halogens is 1. The highest BCUT2D eigenvalue weighted by atomic mass is 35.5. The molecule has 8 nitrogen and oxygen atoms in total. The highest BCUT2D eigenvalue weighted by molar-refractivity contribution is 7.89. The molecule has 0 saturated carbocycles. The zero-order valence-corrected chi connectivity index (χ0v) is 20.3. The van der Waals surface area contributed by atoms with Crippen molar-refractivity contribution in [1.29, 1.82) is 0 Å². The fourth-order valence-corrected chi connectivity index (χ4v) is 5.91. The van der Waals surface area contributed by atoms with Crippen molar-refractivity contribution in [2.45, 2.75) is 36.7 Å². The third kappa shape index (κ3) is 5.78. The molecule has 0 radical (unpaired) electrons. The summed E-state index contributed by atoms with van der Waals surface area (Å²) in [6, 6.07) is 12.8. The van der Waals surface area contributed by atoms with Crippen LogP contribution in [0.5, 0.6) is 0 Å². The summed E-state index contributed by atoms with van der Waals surface area (Å²) in [5.41, 5.74) is 0.755. The van der Waals surface area contributed by atoms with E-state index in [1.807, 2.05) is 0 Å². The molecule has 2 heterocycles. The van der Waals surface area contributed by atoms with Gasteiger partial charge in [-0.2, -0.15) is 4.31 Å². The van der Waals surface area contributed by atoms with E-state index >= 15 is 0 Å². The van der Waals surface area contributed by atoms with Crippen molar-refractivity contribution in [3.8, 4) is 0 Å². The minimum absolute atomic E-state index is 0.0153. The van der Waals surface area contributed by atoms with Gasteiger partial charge < -0.3 is 15.4 Å². The molecule has 2 atom stereocenters. The van der Waals surface area contributed by atoms with Gasteiger partial charge in [0.15, 0.2) is 0 Å². The Labute approximate surface area is 204 Å². The molecular weight excluding hydrogens is 478 g/mol. The maximum absolute atomic E-state index is 13.1. The van der Waals surface area contributed by atoms with Crippen LogP contribution in [-0.4, -0.2) is 56.9 Å². The standard InChI is InChI=1S/C24H28ClN3O5S/c25-18-9-11-20(12-10-18)34(31,32)28-13-3-5-17(16-28)23(29)27-22-8-2-1-7-21(22)24(30)26-15-19-6-4-14-33-19/h1-2,7-12,17,19H,3-6,13-16H2,(H,26,30)(H,27,29)/t17-,19-/m0/s1. The molecule has 2 amide bonds. The maximum atomic E-state index is 13.1. The summed E-state index contributed by atoms with van der Waals surface area (Å²) < 4.78 is 33.0. The summed E-state index contributed by atoms with van der Waals surface area (Å²) in [4.78, 5) is 25.9. The van der Waals surface area contributed by atoms with Crippen molar-refractivity contribution in [2.24, 2.45) is 5.92 Å². The van der Waals surface area contributed by atoms with Crippen molar-refractivity contribution in [3.05, 3.63) is 59.1 Å². The van der Waals surface area contributed by atoms with Gasteiger partial charge in [0, 0.05) is 31.3 Å². The van der Waals surface area contributed by atoms with Crippen LogP contribution in [0.3, 0.4) is 0 Å². The lowest BCUT2D eigenvalue weighted by molar-refractivity contribution is -0.120.